The highest BCUT2D eigenvalue weighted by Crippen LogP contribution is 2.29. The van der Waals surface area contributed by atoms with E-state index in [4.69, 9.17) is 0 Å². The van der Waals surface area contributed by atoms with Crippen LogP contribution in [-0.2, 0) is 0 Å². The second kappa shape index (κ2) is 6.50. The average Bonchev–Trinajstić information content (AvgIpc) is 2.95. The maximum Gasteiger partial charge on any atom is 0.265 e. The lowest BCUT2D eigenvalue weighted by molar-refractivity contribution is 0.103. The van der Waals surface area contributed by atoms with Crippen LogP contribution in [0.3, 0.4) is 0 Å². The van der Waals surface area contributed by atoms with Crippen LogP contribution >= 0.6 is 11.3 Å². The summed E-state index contributed by atoms with van der Waals surface area (Å²) in [7, 11) is 0. The molecular weight excluding hydrogens is 296 g/mol. The van der Waals surface area contributed by atoms with Crippen molar-refractivity contribution < 1.29 is 9.90 Å². The molecule has 2 heterocycles. The van der Waals surface area contributed by atoms with E-state index in [1.54, 1.807) is 0 Å². The zero-order valence-electron chi connectivity index (χ0n) is 12.6. The summed E-state index contributed by atoms with van der Waals surface area (Å²) >= 11 is 1.50. The molecule has 1 amide bonds. The Bertz CT molecular complexity index is 660. The standard InChI is InChI=1S/C17H20N2O2S/c1-12-6-7-16(22-12)17(21)18-14-4-2-3-5-15(14)19-10-8-13(20)9-11-19/h2-7,13,20H,8-11H2,1H3,(H,18,21). The SMILES string of the molecule is Cc1ccc(C(=O)Nc2ccccc2N2CCC(O)CC2)s1. The third-order valence-corrected chi connectivity index (χ3v) is 4.92. The second-order valence-corrected chi connectivity index (χ2v) is 6.89. The number of hydrogen-bond donors (Lipinski definition) is 2. The van der Waals surface area contributed by atoms with E-state index >= 15 is 0 Å². The second-order valence-electron chi connectivity index (χ2n) is 5.60. The summed E-state index contributed by atoms with van der Waals surface area (Å²) in [4.78, 5) is 16.4. The molecule has 0 bridgehead atoms. The number of benzene rings is 1. The molecule has 5 heteroatoms. The van der Waals surface area contributed by atoms with E-state index in [2.05, 4.69) is 10.2 Å². The number of hydrogen-bond acceptors (Lipinski definition) is 4. The highest BCUT2D eigenvalue weighted by molar-refractivity contribution is 7.14. The zero-order chi connectivity index (χ0) is 15.5. The quantitative estimate of drug-likeness (QED) is 0.914. The first-order chi connectivity index (χ1) is 10.6. The molecule has 1 fully saturated rings. The van der Waals surface area contributed by atoms with E-state index in [1.165, 1.54) is 11.3 Å². The zero-order valence-corrected chi connectivity index (χ0v) is 13.4. The van der Waals surface area contributed by atoms with Gasteiger partial charge in [-0.15, -0.1) is 11.3 Å². The van der Waals surface area contributed by atoms with E-state index in [9.17, 15) is 9.90 Å². The van der Waals surface area contributed by atoms with E-state index in [1.807, 2.05) is 43.3 Å². The van der Waals surface area contributed by atoms with E-state index < -0.39 is 0 Å². The van der Waals surface area contributed by atoms with Gasteiger partial charge in [-0.2, -0.15) is 0 Å². The van der Waals surface area contributed by atoms with Gasteiger partial charge in [0.2, 0.25) is 0 Å². The number of amides is 1. The number of piperidine rings is 1. The number of rotatable bonds is 3. The molecule has 1 aromatic carbocycles. The molecule has 0 atom stereocenters. The third-order valence-electron chi connectivity index (χ3n) is 3.92. The fraction of sp³-hybridized carbons (Fsp3) is 0.353. The predicted octanol–water partition coefficient (Wildman–Crippen LogP) is 3.27. The molecular formula is C17H20N2O2S. The van der Waals surface area contributed by atoms with Gasteiger partial charge in [-0.1, -0.05) is 12.1 Å². The van der Waals surface area contributed by atoms with Crippen LogP contribution < -0.4 is 10.2 Å². The van der Waals surface area contributed by atoms with Gasteiger partial charge in [0.1, 0.15) is 0 Å². The van der Waals surface area contributed by atoms with Crippen LogP contribution in [0.15, 0.2) is 36.4 Å². The van der Waals surface area contributed by atoms with E-state index in [-0.39, 0.29) is 12.0 Å². The van der Waals surface area contributed by atoms with Crippen molar-refractivity contribution in [3.05, 3.63) is 46.2 Å². The molecule has 0 aliphatic carbocycles. The molecule has 116 valence electrons. The number of anilines is 2. The minimum atomic E-state index is -0.202. The van der Waals surface area contributed by atoms with Crippen molar-refractivity contribution in [1.29, 1.82) is 0 Å². The summed E-state index contributed by atoms with van der Waals surface area (Å²) in [5.74, 6) is -0.0670. The lowest BCUT2D eigenvalue weighted by Gasteiger charge is -2.32. The molecule has 0 saturated carbocycles. The van der Waals surface area contributed by atoms with Gasteiger partial charge in [-0.3, -0.25) is 4.79 Å². The summed E-state index contributed by atoms with van der Waals surface area (Å²) in [6, 6.07) is 11.7. The Morgan fingerprint density at radius 3 is 2.64 bits per heavy atom. The summed E-state index contributed by atoms with van der Waals surface area (Å²) in [6.45, 7) is 3.62. The first kappa shape index (κ1) is 15.1. The lowest BCUT2D eigenvalue weighted by Crippen LogP contribution is -2.36. The number of aryl methyl sites for hydroxylation is 1. The van der Waals surface area contributed by atoms with Gasteiger partial charge in [0.05, 0.1) is 22.4 Å². The van der Waals surface area contributed by atoms with Crippen LogP contribution in [0.2, 0.25) is 0 Å². The van der Waals surface area contributed by atoms with Crippen molar-refractivity contribution in [2.75, 3.05) is 23.3 Å². The monoisotopic (exact) mass is 316 g/mol. The summed E-state index contributed by atoms with van der Waals surface area (Å²) < 4.78 is 0. The fourth-order valence-corrected chi connectivity index (χ4v) is 3.47. The third kappa shape index (κ3) is 3.31. The van der Waals surface area contributed by atoms with Gasteiger partial charge in [-0.25, -0.2) is 0 Å². The highest BCUT2D eigenvalue weighted by Gasteiger charge is 2.20. The molecule has 4 nitrogen and oxygen atoms in total. The maximum atomic E-state index is 12.4. The van der Waals surface area contributed by atoms with Gasteiger partial charge >= 0.3 is 0 Å². The Hall–Kier alpha value is -1.85. The molecule has 0 radical (unpaired) electrons. The molecule has 1 aromatic heterocycles. The summed E-state index contributed by atoms with van der Waals surface area (Å²) in [5.41, 5.74) is 1.85. The minimum Gasteiger partial charge on any atom is -0.393 e. The Kier molecular flexibility index (Phi) is 4.45. The molecule has 2 aromatic rings. The van der Waals surface area contributed by atoms with Crippen LogP contribution in [0.4, 0.5) is 11.4 Å². The summed E-state index contributed by atoms with van der Waals surface area (Å²) in [6.07, 6.45) is 1.34. The van der Waals surface area contributed by atoms with Gasteiger partial charge in [0.25, 0.3) is 5.91 Å². The molecule has 0 spiro atoms. The van der Waals surface area contributed by atoms with E-state index in [0.717, 1.165) is 47.1 Å². The van der Waals surface area contributed by atoms with Crippen molar-refractivity contribution in [2.24, 2.45) is 0 Å². The smallest absolute Gasteiger partial charge is 0.265 e. The van der Waals surface area contributed by atoms with Crippen LogP contribution in [0, 0.1) is 6.92 Å². The van der Waals surface area contributed by atoms with Crippen LogP contribution in [0.1, 0.15) is 27.4 Å². The number of nitrogens with one attached hydrogen (secondary N) is 1. The molecule has 1 saturated heterocycles. The normalized spacial score (nSPS) is 15.8. The van der Waals surface area contributed by atoms with Crippen LogP contribution in [-0.4, -0.2) is 30.2 Å². The molecule has 3 rings (SSSR count). The molecule has 22 heavy (non-hydrogen) atoms. The molecule has 1 aliphatic rings. The number of thiophene rings is 1. The molecule has 1 aliphatic heterocycles. The number of carbonyl (C=O) groups excluding carboxylic acids is 1. The largest absolute Gasteiger partial charge is 0.393 e. The number of para-hydroxylation sites is 2. The topological polar surface area (TPSA) is 52.6 Å². The van der Waals surface area contributed by atoms with Gasteiger partial charge in [-0.05, 0) is 44.0 Å². The van der Waals surface area contributed by atoms with Crippen LogP contribution in [0.5, 0.6) is 0 Å². The van der Waals surface area contributed by atoms with Gasteiger partial charge in [0, 0.05) is 18.0 Å². The van der Waals surface area contributed by atoms with Crippen LogP contribution in [0.25, 0.3) is 0 Å². The van der Waals surface area contributed by atoms with E-state index in [0.29, 0.717) is 0 Å². The Balaban J connectivity index is 1.78. The number of aliphatic hydroxyl groups is 1. The predicted molar refractivity (Wildman–Crippen MR) is 90.9 cm³/mol. The summed E-state index contributed by atoms with van der Waals surface area (Å²) in [5, 5.41) is 12.7. The Morgan fingerprint density at radius 2 is 1.95 bits per heavy atom. The minimum absolute atomic E-state index is 0.0670. The van der Waals surface area contributed by atoms with Gasteiger partial charge in [0.15, 0.2) is 0 Å². The van der Waals surface area contributed by atoms with Crippen molar-refractivity contribution >= 4 is 28.6 Å². The number of carbonyl (C=O) groups is 1. The van der Waals surface area contributed by atoms with Crippen molar-refractivity contribution in [2.45, 2.75) is 25.9 Å². The molecule has 0 unspecified atom stereocenters. The number of nitrogens with zero attached hydrogens (tertiary/aromatic N) is 1. The highest BCUT2D eigenvalue weighted by atomic mass is 32.1. The maximum absolute atomic E-state index is 12.4. The Labute approximate surface area is 134 Å². The average molecular weight is 316 g/mol. The van der Waals surface area contributed by atoms with Gasteiger partial charge < -0.3 is 15.3 Å². The Morgan fingerprint density at radius 1 is 1.23 bits per heavy atom. The molecule has 2 N–H and O–H groups in total. The van der Waals surface area contributed by atoms with Crippen molar-refractivity contribution in [3.8, 4) is 0 Å². The number of aliphatic hydroxyl groups excluding tert-OH is 1. The van der Waals surface area contributed by atoms with Crippen molar-refractivity contribution in [3.63, 3.8) is 0 Å². The fourth-order valence-electron chi connectivity index (χ4n) is 2.70. The van der Waals surface area contributed by atoms with Crippen molar-refractivity contribution in [1.82, 2.24) is 0 Å². The lowest BCUT2D eigenvalue weighted by atomic mass is 10.1. The first-order valence-electron chi connectivity index (χ1n) is 7.53. The first-order valence-corrected chi connectivity index (χ1v) is 8.35.